The number of aromatic amines is 1. The van der Waals surface area contributed by atoms with Gasteiger partial charge in [0.25, 0.3) is 5.56 Å². The summed E-state index contributed by atoms with van der Waals surface area (Å²) in [6.45, 7) is 3.05. The summed E-state index contributed by atoms with van der Waals surface area (Å²) in [7, 11) is 0. The second kappa shape index (κ2) is 7.87. The molecule has 0 atom stereocenters. The number of benzene rings is 1. The fourth-order valence-electron chi connectivity index (χ4n) is 3.13. The van der Waals surface area contributed by atoms with E-state index in [2.05, 4.69) is 42.0 Å². The summed E-state index contributed by atoms with van der Waals surface area (Å²) >= 11 is 0. The lowest BCUT2D eigenvalue weighted by Crippen LogP contribution is -2.16. The molecule has 0 bridgehead atoms. The molecule has 0 saturated carbocycles. The molecule has 4 rings (SSSR count). The van der Waals surface area contributed by atoms with Gasteiger partial charge in [-0.05, 0) is 19.1 Å². The lowest BCUT2D eigenvalue weighted by molar-refractivity contribution is 0.728. The molecule has 0 spiro atoms. The molecule has 0 aliphatic carbocycles. The van der Waals surface area contributed by atoms with Crippen molar-refractivity contribution in [1.29, 1.82) is 0 Å². The van der Waals surface area contributed by atoms with Crippen LogP contribution >= 0.6 is 0 Å². The van der Waals surface area contributed by atoms with E-state index in [1.54, 1.807) is 19.3 Å². The average Bonchev–Trinajstić information content (AvgIpc) is 3.12. The van der Waals surface area contributed by atoms with Crippen LogP contribution in [0.15, 0.2) is 72.0 Å². The molecule has 0 amide bonds. The standard InChI is InChI=1S/C21H20N6O/c1-15-13-18(28)26-21(25-15)23-11-12-27-14-24-19(16-5-3-2-4-6-16)20(27)17-7-9-22-10-8-17/h2-10,13-14H,11-12H2,1H3,(H2,23,25,26,28). The van der Waals surface area contributed by atoms with Crippen molar-refractivity contribution >= 4 is 5.95 Å². The molecule has 2 N–H and O–H groups in total. The number of rotatable bonds is 6. The van der Waals surface area contributed by atoms with Crippen molar-refractivity contribution in [3.05, 3.63) is 83.3 Å². The lowest BCUT2D eigenvalue weighted by Gasteiger charge is -2.11. The Balaban J connectivity index is 1.62. The van der Waals surface area contributed by atoms with E-state index in [1.807, 2.05) is 36.7 Å². The predicted molar refractivity (Wildman–Crippen MR) is 109 cm³/mol. The number of hydrogen-bond acceptors (Lipinski definition) is 5. The zero-order valence-electron chi connectivity index (χ0n) is 15.5. The number of pyridine rings is 1. The number of aromatic nitrogens is 5. The molecule has 7 heteroatoms. The molecular formula is C21H20N6O. The van der Waals surface area contributed by atoms with Crippen LogP contribution in [0.5, 0.6) is 0 Å². The van der Waals surface area contributed by atoms with Crippen molar-refractivity contribution in [2.24, 2.45) is 0 Å². The summed E-state index contributed by atoms with van der Waals surface area (Å²) in [4.78, 5) is 27.4. The minimum atomic E-state index is -0.165. The topological polar surface area (TPSA) is 88.5 Å². The minimum Gasteiger partial charge on any atom is -0.354 e. The minimum absolute atomic E-state index is 0.165. The highest BCUT2D eigenvalue weighted by Gasteiger charge is 2.14. The molecule has 0 radical (unpaired) electrons. The van der Waals surface area contributed by atoms with Crippen LogP contribution in [0.2, 0.25) is 0 Å². The van der Waals surface area contributed by atoms with E-state index < -0.39 is 0 Å². The largest absolute Gasteiger partial charge is 0.354 e. The SMILES string of the molecule is Cc1cc(=O)[nH]c(NCCn2cnc(-c3ccccc3)c2-c2ccncc2)n1. The summed E-state index contributed by atoms with van der Waals surface area (Å²) in [6.07, 6.45) is 5.40. The summed E-state index contributed by atoms with van der Waals surface area (Å²) in [6, 6.07) is 15.5. The molecule has 0 saturated heterocycles. The molecule has 0 unspecified atom stereocenters. The van der Waals surface area contributed by atoms with Crippen molar-refractivity contribution in [2.45, 2.75) is 13.5 Å². The van der Waals surface area contributed by atoms with Gasteiger partial charge in [0.1, 0.15) is 0 Å². The Morgan fingerprint density at radius 3 is 2.61 bits per heavy atom. The number of nitrogens with zero attached hydrogens (tertiary/aromatic N) is 4. The summed E-state index contributed by atoms with van der Waals surface area (Å²) in [5.74, 6) is 0.471. The quantitative estimate of drug-likeness (QED) is 0.543. The Kier molecular flexibility index (Phi) is 4.97. The van der Waals surface area contributed by atoms with E-state index >= 15 is 0 Å². The first-order valence-corrected chi connectivity index (χ1v) is 9.03. The maximum Gasteiger partial charge on any atom is 0.252 e. The number of nitrogens with one attached hydrogen (secondary N) is 2. The van der Waals surface area contributed by atoms with E-state index in [4.69, 9.17) is 0 Å². The van der Waals surface area contributed by atoms with E-state index in [-0.39, 0.29) is 5.56 Å². The molecular weight excluding hydrogens is 352 g/mol. The highest BCUT2D eigenvalue weighted by Crippen LogP contribution is 2.30. The van der Waals surface area contributed by atoms with Gasteiger partial charge in [-0.2, -0.15) is 0 Å². The highest BCUT2D eigenvalue weighted by atomic mass is 16.1. The van der Waals surface area contributed by atoms with Gasteiger partial charge in [-0.25, -0.2) is 9.97 Å². The molecule has 28 heavy (non-hydrogen) atoms. The molecule has 140 valence electrons. The number of imidazole rings is 1. The first kappa shape index (κ1) is 17.7. The van der Waals surface area contributed by atoms with Gasteiger partial charge in [0.15, 0.2) is 0 Å². The highest BCUT2D eigenvalue weighted by molar-refractivity contribution is 5.78. The van der Waals surface area contributed by atoms with Crippen LogP contribution in [0.25, 0.3) is 22.5 Å². The van der Waals surface area contributed by atoms with Gasteiger partial charge in [-0.1, -0.05) is 30.3 Å². The summed E-state index contributed by atoms with van der Waals surface area (Å²) < 4.78 is 2.10. The maximum absolute atomic E-state index is 11.6. The van der Waals surface area contributed by atoms with Crippen LogP contribution in [0, 0.1) is 6.92 Å². The van der Waals surface area contributed by atoms with E-state index in [0.29, 0.717) is 24.7 Å². The van der Waals surface area contributed by atoms with E-state index in [1.165, 1.54) is 6.07 Å². The van der Waals surface area contributed by atoms with E-state index in [0.717, 1.165) is 22.5 Å². The monoisotopic (exact) mass is 372 g/mol. The number of aryl methyl sites for hydroxylation is 1. The Labute approximate surface area is 162 Å². The number of hydrogen-bond donors (Lipinski definition) is 2. The van der Waals surface area contributed by atoms with Crippen molar-refractivity contribution < 1.29 is 0 Å². The molecule has 4 aromatic rings. The van der Waals surface area contributed by atoms with Gasteiger partial charge in [0, 0.05) is 48.4 Å². The Morgan fingerprint density at radius 1 is 1.07 bits per heavy atom. The van der Waals surface area contributed by atoms with Crippen LogP contribution in [-0.2, 0) is 6.54 Å². The second-order valence-corrected chi connectivity index (χ2v) is 6.40. The van der Waals surface area contributed by atoms with Crippen LogP contribution in [-0.4, -0.2) is 31.0 Å². The third-order valence-electron chi connectivity index (χ3n) is 4.35. The average molecular weight is 372 g/mol. The van der Waals surface area contributed by atoms with Crippen molar-refractivity contribution in [3.8, 4) is 22.5 Å². The summed E-state index contributed by atoms with van der Waals surface area (Å²) in [5, 5.41) is 3.17. The zero-order chi connectivity index (χ0) is 19.3. The molecule has 3 heterocycles. The van der Waals surface area contributed by atoms with Gasteiger partial charge in [0.05, 0.1) is 17.7 Å². The maximum atomic E-state index is 11.6. The summed E-state index contributed by atoms with van der Waals surface area (Å²) in [5.41, 5.74) is 4.58. The first-order valence-electron chi connectivity index (χ1n) is 9.03. The third kappa shape index (κ3) is 3.83. The van der Waals surface area contributed by atoms with Gasteiger partial charge in [0.2, 0.25) is 5.95 Å². The number of H-pyrrole nitrogens is 1. The Morgan fingerprint density at radius 2 is 1.86 bits per heavy atom. The second-order valence-electron chi connectivity index (χ2n) is 6.40. The van der Waals surface area contributed by atoms with Crippen molar-refractivity contribution in [1.82, 2.24) is 24.5 Å². The predicted octanol–water partition coefficient (Wildman–Crippen LogP) is 3.12. The first-order chi connectivity index (χ1) is 13.7. The Bertz CT molecular complexity index is 1120. The van der Waals surface area contributed by atoms with Crippen molar-refractivity contribution in [3.63, 3.8) is 0 Å². The van der Waals surface area contributed by atoms with Crippen LogP contribution < -0.4 is 10.9 Å². The molecule has 0 aliphatic rings. The number of anilines is 1. The lowest BCUT2D eigenvalue weighted by atomic mass is 10.1. The molecule has 0 aliphatic heterocycles. The zero-order valence-corrected chi connectivity index (χ0v) is 15.5. The molecule has 7 nitrogen and oxygen atoms in total. The van der Waals surface area contributed by atoms with Crippen LogP contribution in [0.3, 0.4) is 0 Å². The van der Waals surface area contributed by atoms with E-state index in [9.17, 15) is 4.79 Å². The molecule has 3 aromatic heterocycles. The van der Waals surface area contributed by atoms with Gasteiger partial charge < -0.3 is 9.88 Å². The molecule has 1 aromatic carbocycles. The van der Waals surface area contributed by atoms with Gasteiger partial charge in [-0.3, -0.25) is 14.8 Å². The molecule has 0 fully saturated rings. The van der Waals surface area contributed by atoms with Crippen LogP contribution in [0.4, 0.5) is 5.95 Å². The van der Waals surface area contributed by atoms with Gasteiger partial charge >= 0.3 is 0 Å². The Hall–Kier alpha value is -3.74. The normalized spacial score (nSPS) is 10.8. The van der Waals surface area contributed by atoms with Gasteiger partial charge in [-0.15, -0.1) is 0 Å². The smallest absolute Gasteiger partial charge is 0.252 e. The van der Waals surface area contributed by atoms with Crippen molar-refractivity contribution in [2.75, 3.05) is 11.9 Å². The fourth-order valence-corrected chi connectivity index (χ4v) is 3.13. The third-order valence-corrected chi connectivity index (χ3v) is 4.35. The van der Waals surface area contributed by atoms with Crippen LogP contribution in [0.1, 0.15) is 5.69 Å². The fraction of sp³-hybridized carbons (Fsp3) is 0.143.